The second kappa shape index (κ2) is 6.39. The zero-order chi connectivity index (χ0) is 15.4. The summed E-state index contributed by atoms with van der Waals surface area (Å²) in [5, 5.41) is 8.96. The Morgan fingerprint density at radius 2 is 2.00 bits per heavy atom. The molecule has 1 aliphatic heterocycles. The van der Waals surface area contributed by atoms with Crippen LogP contribution in [0.15, 0.2) is 24.3 Å². The Morgan fingerprint density at radius 3 is 2.52 bits per heavy atom. The zero-order valence-electron chi connectivity index (χ0n) is 11.7. The van der Waals surface area contributed by atoms with Crippen molar-refractivity contribution in [3.63, 3.8) is 0 Å². The fourth-order valence-electron chi connectivity index (χ4n) is 2.29. The molecule has 1 unspecified atom stereocenters. The molecule has 0 radical (unpaired) electrons. The monoisotopic (exact) mass is 291 g/mol. The van der Waals surface area contributed by atoms with Crippen molar-refractivity contribution < 1.29 is 24.2 Å². The van der Waals surface area contributed by atoms with Gasteiger partial charge in [0.15, 0.2) is 0 Å². The zero-order valence-corrected chi connectivity index (χ0v) is 11.7. The van der Waals surface area contributed by atoms with E-state index in [4.69, 9.17) is 9.84 Å². The fourth-order valence-corrected chi connectivity index (χ4v) is 2.29. The van der Waals surface area contributed by atoms with Gasteiger partial charge in [-0.05, 0) is 24.6 Å². The summed E-state index contributed by atoms with van der Waals surface area (Å²) >= 11 is 0. The molecular weight excluding hydrogens is 274 g/mol. The first-order valence-electron chi connectivity index (χ1n) is 6.79. The van der Waals surface area contributed by atoms with Crippen LogP contribution in [0.25, 0.3) is 0 Å². The first-order valence-corrected chi connectivity index (χ1v) is 6.79. The fraction of sp³-hybridized carbons (Fsp3) is 0.400. The minimum Gasteiger partial charge on any atom is -0.481 e. The van der Waals surface area contributed by atoms with Crippen LogP contribution in [-0.2, 0) is 25.5 Å². The third kappa shape index (κ3) is 3.59. The summed E-state index contributed by atoms with van der Waals surface area (Å²) in [6.07, 6.45) is 0.208. The smallest absolute Gasteiger partial charge is 0.310 e. The first-order chi connectivity index (χ1) is 10.0. The van der Waals surface area contributed by atoms with Crippen LogP contribution in [0.3, 0.4) is 0 Å². The highest BCUT2D eigenvalue weighted by atomic mass is 16.5. The molecule has 0 aliphatic carbocycles. The molecule has 0 saturated carbocycles. The molecular formula is C15H17NO5. The van der Waals surface area contributed by atoms with E-state index in [1.165, 1.54) is 4.90 Å². The number of aliphatic carboxylic acids is 1. The number of ether oxygens (including phenoxy) is 1. The minimum absolute atomic E-state index is 0.0277. The van der Waals surface area contributed by atoms with Crippen LogP contribution in [0.4, 0.5) is 5.69 Å². The standard InChI is InChI=1S/C15H17NO5/c1-2-21-14(18)7-10-3-5-12(6-4-10)16-9-11(15(19)20)8-13(16)17/h3-6,11H,2,7-9H2,1H3,(H,19,20). The van der Waals surface area contributed by atoms with E-state index in [1.54, 1.807) is 31.2 Å². The number of carboxylic acids is 1. The van der Waals surface area contributed by atoms with Crippen molar-refractivity contribution in [2.75, 3.05) is 18.1 Å². The second-order valence-corrected chi connectivity index (χ2v) is 4.89. The third-order valence-electron chi connectivity index (χ3n) is 3.38. The maximum atomic E-state index is 11.8. The largest absolute Gasteiger partial charge is 0.481 e. The van der Waals surface area contributed by atoms with E-state index in [1.807, 2.05) is 0 Å². The molecule has 1 atom stereocenters. The van der Waals surface area contributed by atoms with Crippen LogP contribution >= 0.6 is 0 Å². The lowest BCUT2D eigenvalue weighted by Gasteiger charge is -2.16. The predicted molar refractivity (Wildman–Crippen MR) is 74.9 cm³/mol. The number of anilines is 1. The number of benzene rings is 1. The normalized spacial score (nSPS) is 17.9. The van der Waals surface area contributed by atoms with Gasteiger partial charge in [-0.25, -0.2) is 0 Å². The van der Waals surface area contributed by atoms with Crippen LogP contribution in [-0.4, -0.2) is 36.1 Å². The Labute approximate surface area is 122 Å². The molecule has 1 N–H and O–H groups in total. The maximum Gasteiger partial charge on any atom is 0.310 e. The van der Waals surface area contributed by atoms with Gasteiger partial charge in [0.25, 0.3) is 0 Å². The Bertz CT molecular complexity index is 552. The highest BCUT2D eigenvalue weighted by molar-refractivity contribution is 5.99. The van der Waals surface area contributed by atoms with E-state index < -0.39 is 11.9 Å². The SMILES string of the molecule is CCOC(=O)Cc1ccc(N2CC(C(=O)O)CC2=O)cc1. The number of hydrogen-bond donors (Lipinski definition) is 1. The lowest BCUT2D eigenvalue weighted by Crippen LogP contribution is -2.25. The molecule has 1 aliphatic rings. The molecule has 1 fully saturated rings. The number of amides is 1. The van der Waals surface area contributed by atoms with Gasteiger partial charge < -0.3 is 14.7 Å². The molecule has 1 aromatic rings. The molecule has 1 saturated heterocycles. The quantitative estimate of drug-likeness (QED) is 0.825. The average Bonchev–Trinajstić information content (AvgIpc) is 2.82. The highest BCUT2D eigenvalue weighted by Gasteiger charge is 2.34. The van der Waals surface area contributed by atoms with Crippen LogP contribution in [0.2, 0.25) is 0 Å². The van der Waals surface area contributed by atoms with Crippen LogP contribution in [0, 0.1) is 5.92 Å². The van der Waals surface area contributed by atoms with E-state index in [9.17, 15) is 14.4 Å². The Hall–Kier alpha value is -2.37. The molecule has 0 aromatic heterocycles. The van der Waals surface area contributed by atoms with Gasteiger partial charge in [0.1, 0.15) is 0 Å². The van der Waals surface area contributed by atoms with Gasteiger partial charge in [0.2, 0.25) is 5.91 Å². The molecule has 0 spiro atoms. The van der Waals surface area contributed by atoms with Crippen molar-refractivity contribution >= 4 is 23.5 Å². The van der Waals surface area contributed by atoms with Crippen molar-refractivity contribution in [2.45, 2.75) is 19.8 Å². The number of esters is 1. The number of carbonyl (C=O) groups excluding carboxylic acids is 2. The van der Waals surface area contributed by atoms with E-state index >= 15 is 0 Å². The summed E-state index contributed by atoms with van der Waals surface area (Å²) in [5.74, 6) is -2.10. The number of carboxylic acid groups (broad SMARTS) is 1. The van der Waals surface area contributed by atoms with Crippen molar-refractivity contribution in [1.29, 1.82) is 0 Å². The molecule has 21 heavy (non-hydrogen) atoms. The van der Waals surface area contributed by atoms with Gasteiger partial charge in [0.05, 0.1) is 18.9 Å². The van der Waals surface area contributed by atoms with Crippen LogP contribution in [0.5, 0.6) is 0 Å². The maximum absolute atomic E-state index is 11.8. The number of hydrogen-bond acceptors (Lipinski definition) is 4. The van der Waals surface area contributed by atoms with Gasteiger partial charge in [0, 0.05) is 18.7 Å². The molecule has 112 valence electrons. The van der Waals surface area contributed by atoms with Crippen molar-refractivity contribution in [2.24, 2.45) is 5.92 Å². The van der Waals surface area contributed by atoms with Gasteiger partial charge in [-0.15, -0.1) is 0 Å². The summed E-state index contributed by atoms with van der Waals surface area (Å²) in [6, 6.07) is 6.93. The molecule has 6 heteroatoms. The van der Waals surface area contributed by atoms with Crippen molar-refractivity contribution in [1.82, 2.24) is 0 Å². The Morgan fingerprint density at radius 1 is 1.33 bits per heavy atom. The molecule has 2 rings (SSSR count). The molecule has 6 nitrogen and oxygen atoms in total. The molecule has 0 bridgehead atoms. The van der Waals surface area contributed by atoms with Gasteiger partial charge in [-0.2, -0.15) is 0 Å². The first kappa shape index (κ1) is 15.0. The van der Waals surface area contributed by atoms with Gasteiger partial charge in [-0.3, -0.25) is 14.4 Å². The Kier molecular flexibility index (Phi) is 4.57. The summed E-state index contributed by atoms with van der Waals surface area (Å²) in [7, 11) is 0. The lowest BCUT2D eigenvalue weighted by atomic mass is 10.1. The predicted octanol–water partition coefficient (Wildman–Crippen LogP) is 1.23. The average molecular weight is 291 g/mol. The van der Waals surface area contributed by atoms with Crippen molar-refractivity contribution in [3.8, 4) is 0 Å². The topological polar surface area (TPSA) is 83.9 Å². The van der Waals surface area contributed by atoms with E-state index in [-0.39, 0.29) is 31.3 Å². The number of rotatable bonds is 5. The minimum atomic E-state index is -0.954. The Balaban J connectivity index is 2.04. The second-order valence-electron chi connectivity index (χ2n) is 4.89. The summed E-state index contributed by atoms with van der Waals surface area (Å²) in [6.45, 7) is 2.28. The summed E-state index contributed by atoms with van der Waals surface area (Å²) in [5.41, 5.74) is 1.44. The number of nitrogens with zero attached hydrogens (tertiary/aromatic N) is 1. The van der Waals surface area contributed by atoms with Crippen LogP contribution < -0.4 is 4.90 Å². The van der Waals surface area contributed by atoms with E-state index in [0.717, 1.165) is 5.56 Å². The molecule has 1 aromatic carbocycles. The molecule has 1 amide bonds. The van der Waals surface area contributed by atoms with Gasteiger partial charge >= 0.3 is 11.9 Å². The lowest BCUT2D eigenvalue weighted by molar-refractivity contribution is -0.142. The van der Waals surface area contributed by atoms with Crippen molar-refractivity contribution in [3.05, 3.63) is 29.8 Å². The summed E-state index contributed by atoms with van der Waals surface area (Å²) in [4.78, 5) is 35.6. The van der Waals surface area contributed by atoms with E-state index in [2.05, 4.69) is 0 Å². The summed E-state index contributed by atoms with van der Waals surface area (Å²) < 4.78 is 4.86. The number of carbonyl (C=O) groups is 3. The van der Waals surface area contributed by atoms with E-state index in [0.29, 0.717) is 12.3 Å². The van der Waals surface area contributed by atoms with Crippen LogP contribution in [0.1, 0.15) is 18.9 Å². The third-order valence-corrected chi connectivity index (χ3v) is 3.38. The highest BCUT2D eigenvalue weighted by Crippen LogP contribution is 2.25. The van der Waals surface area contributed by atoms with Gasteiger partial charge in [-0.1, -0.05) is 12.1 Å². The molecule has 1 heterocycles.